The summed E-state index contributed by atoms with van der Waals surface area (Å²) in [6.45, 7) is 7.21. The van der Waals surface area contributed by atoms with Crippen LogP contribution < -0.4 is 10.1 Å². The summed E-state index contributed by atoms with van der Waals surface area (Å²) in [6, 6.07) is 12.1. The molecule has 0 radical (unpaired) electrons. The Morgan fingerprint density at radius 2 is 1.83 bits per heavy atom. The number of benzene rings is 2. The summed E-state index contributed by atoms with van der Waals surface area (Å²) in [6.07, 6.45) is 1.04. The topological polar surface area (TPSA) is 85.2 Å². The average molecular weight is 583 g/mol. The van der Waals surface area contributed by atoms with Gasteiger partial charge in [-0.15, -0.1) is 0 Å². The van der Waals surface area contributed by atoms with E-state index >= 15 is 0 Å². The summed E-state index contributed by atoms with van der Waals surface area (Å²) < 4.78 is 41.1. The van der Waals surface area contributed by atoms with Crippen LogP contribution in [0.25, 0.3) is 5.65 Å². The van der Waals surface area contributed by atoms with Gasteiger partial charge in [0.15, 0.2) is 11.4 Å². The molecule has 41 heavy (non-hydrogen) atoms. The maximum Gasteiger partial charge on any atom is 0.410 e. The molecule has 1 atom stereocenters. The van der Waals surface area contributed by atoms with Crippen molar-refractivity contribution in [2.24, 2.45) is 0 Å². The highest BCUT2D eigenvalue weighted by atomic mass is 35.5. The number of rotatable bonds is 5. The van der Waals surface area contributed by atoms with Crippen LogP contribution in [-0.4, -0.2) is 38.4 Å². The second kappa shape index (κ2) is 11.0. The van der Waals surface area contributed by atoms with Crippen molar-refractivity contribution in [2.45, 2.75) is 52.5 Å². The van der Waals surface area contributed by atoms with Crippen LogP contribution in [-0.2, 0) is 17.9 Å². The number of aryl methyl sites for hydroxylation is 1. The summed E-state index contributed by atoms with van der Waals surface area (Å²) in [7, 11) is 0. The summed E-state index contributed by atoms with van der Waals surface area (Å²) in [5, 5.41) is 3.27. The number of carbonyl (C=O) groups excluding carboxylic acids is 2. The van der Waals surface area contributed by atoms with Crippen LogP contribution in [0.4, 0.5) is 13.6 Å². The Morgan fingerprint density at radius 3 is 2.54 bits per heavy atom. The number of imidazole rings is 1. The lowest BCUT2D eigenvalue weighted by molar-refractivity contribution is 0.0194. The highest BCUT2D eigenvalue weighted by Gasteiger charge is 2.33. The second-order valence-electron chi connectivity index (χ2n) is 10.8. The predicted molar refractivity (Wildman–Crippen MR) is 149 cm³/mol. The summed E-state index contributed by atoms with van der Waals surface area (Å²) in [5.41, 5.74) is 1.73. The molecule has 1 aliphatic rings. The lowest BCUT2D eigenvalue weighted by Crippen LogP contribution is -2.46. The Hall–Kier alpha value is -4.18. The van der Waals surface area contributed by atoms with Gasteiger partial charge in [-0.1, -0.05) is 41.9 Å². The minimum absolute atomic E-state index is 0.154. The van der Waals surface area contributed by atoms with Crippen molar-refractivity contribution in [3.63, 3.8) is 0 Å². The summed E-state index contributed by atoms with van der Waals surface area (Å²) in [4.78, 5) is 32.7. The molecule has 1 aliphatic heterocycles. The van der Waals surface area contributed by atoms with Crippen LogP contribution in [0, 0.1) is 18.6 Å². The zero-order valence-electron chi connectivity index (χ0n) is 23.0. The molecule has 8 nitrogen and oxygen atoms in total. The first kappa shape index (κ1) is 28.4. The van der Waals surface area contributed by atoms with Gasteiger partial charge in [0.05, 0.1) is 22.3 Å². The Kier molecular flexibility index (Phi) is 7.61. The lowest BCUT2D eigenvalue weighted by atomic mass is 9.95. The predicted octanol–water partition coefficient (Wildman–Crippen LogP) is 6.38. The van der Waals surface area contributed by atoms with Gasteiger partial charge in [0.1, 0.15) is 29.5 Å². The average Bonchev–Trinajstić information content (AvgIpc) is 3.22. The van der Waals surface area contributed by atoms with Crippen molar-refractivity contribution in [1.29, 1.82) is 0 Å². The normalized spacial score (nSPS) is 15.0. The van der Waals surface area contributed by atoms with E-state index in [2.05, 4.69) is 10.3 Å². The number of nitrogens with one attached hydrogen (secondary N) is 1. The molecule has 0 bridgehead atoms. The molecule has 2 aromatic carbocycles. The first-order valence-electron chi connectivity index (χ1n) is 13.0. The van der Waals surface area contributed by atoms with Gasteiger partial charge in [0.25, 0.3) is 5.91 Å². The van der Waals surface area contributed by atoms with E-state index in [1.807, 2.05) is 24.3 Å². The number of hydrogen-bond acceptors (Lipinski definition) is 5. The van der Waals surface area contributed by atoms with Gasteiger partial charge in [-0.2, -0.15) is 0 Å². The van der Waals surface area contributed by atoms with Crippen molar-refractivity contribution in [2.75, 3.05) is 6.54 Å². The third-order valence-electron chi connectivity index (χ3n) is 6.63. The molecule has 2 aromatic heterocycles. The molecule has 1 N–H and O–H groups in total. The summed E-state index contributed by atoms with van der Waals surface area (Å²) >= 11 is 6.35. The first-order valence-corrected chi connectivity index (χ1v) is 13.4. The molecular formula is C30H29ClF2N4O4. The Morgan fingerprint density at radius 1 is 1.12 bits per heavy atom. The molecule has 0 saturated carbocycles. The van der Waals surface area contributed by atoms with Crippen LogP contribution in [0.2, 0.25) is 5.02 Å². The van der Waals surface area contributed by atoms with E-state index in [9.17, 15) is 18.4 Å². The third-order valence-corrected chi connectivity index (χ3v) is 6.83. The number of pyridine rings is 1. The standard InChI is InChI=1S/C30H29ClF2N4O4/c1-17-26(37-14-19(31)12-25(27(37)34-17)40-16-21-22(32)10-7-11-23(21)33)28(38)35-24-15-36(29(39)41-30(2,3)4)13-18-8-5-6-9-20(18)24/h5-12,14,24H,13,15-16H2,1-4H3,(H,35,38). The number of nitrogens with zero attached hydrogens (tertiary/aromatic N) is 3. The Balaban J connectivity index is 1.44. The number of halogens is 3. The Bertz CT molecular complexity index is 1630. The van der Waals surface area contributed by atoms with Gasteiger partial charge < -0.3 is 19.7 Å². The van der Waals surface area contributed by atoms with Gasteiger partial charge in [-0.25, -0.2) is 18.6 Å². The number of hydrogen-bond donors (Lipinski definition) is 1. The second-order valence-corrected chi connectivity index (χ2v) is 11.3. The van der Waals surface area contributed by atoms with Crippen molar-refractivity contribution in [3.8, 4) is 5.75 Å². The summed E-state index contributed by atoms with van der Waals surface area (Å²) in [5.74, 6) is -1.78. The lowest BCUT2D eigenvalue weighted by Gasteiger charge is -2.36. The largest absolute Gasteiger partial charge is 0.485 e. The maximum atomic E-state index is 14.2. The van der Waals surface area contributed by atoms with Crippen molar-refractivity contribution >= 4 is 29.2 Å². The molecule has 11 heteroatoms. The van der Waals surface area contributed by atoms with Crippen molar-refractivity contribution in [1.82, 2.24) is 19.6 Å². The maximum absolute atomic E-state index is 14.2. The van der Waals surface area contributed by atoms with E-state index in [0.717, 1.165) is 23.3 Å². The quantitative estimate of drug-likeness (QED) is 0.295. The molecule has 0 spiro atoms. The fraction of sp³-hybridized carbons (Fsp3) is 0.300. The van der Waals surface area contributed by atoms with Gasteiger partial charge in [-0.05, 0) is 51.0 Å². The zero-order chi connectivity index (χ0) is 29.5. The SMILES string of the molecule is Cc1nc2c(OCc3c(F)cccc3F)cc(Cl)cn2c1C(=O)NC1CN(C(=O)OC(C)(C)C)Cc2ccccc21. The van der Waals surface area contributed by atoms with Gasteiger partial charge in [0.2, 0.25) is 0 Å². The molecule has 2 amide bonds. The molecule has 0 saturated heterocycles. The monoisotopic (exact) mass is 582 g/mol. The van der Waals surface area contributed by atoms with Crippen LogP contribution in [0.3, 0.4) is 0 Å². The molecule has 4 aromatic rings. The van der Waals surface area contributed by atoms with E-state index in [-0.39, 0.29) is 34.2 Å². The first-order chi connectivity index (χ1) is 19.4. The van der Waals surface area contributed by atoms with Crippen molar-refractivity contribution in [3.05, 3.63) is 99.5 Å². The molecule has 3 heterocycles. The van der Waals surface area contributed by atoms with Crippen molar-refractivity contribution < 1.29 is 27.8 Å². The van der Waals surface area contributed by atoms with E-state index in [4.69, 9.17) is 21.1 Å². The minimum atomic E-state index is -0.740. The molecular weight excluding hydrogens is 554 g/mol. The number of ether oxygens (including phenoxy) is 2. The number of aromatic nitrogens is 2. The van der Waals surface area contributed by atoms with E-state index in [1.54, 1.807) is 32.6 Å². The van der Waals surface area contributed by atoms with Crippen LogP contribution in [0.15, 0.2) is 54.7 Å². The fourth-order valence-electron chi connectivity index (χ4n) is 4.82. The molecule has 5 rings (SSSR count). The highest BCUT2D eigenvalue weighted by molar-refractivity contribution is 6.30. The smallest absolute Gasteiger partial charge is 0.410 e. The minimum Gasteiger partial charge on any atom is -0.485 e. The van der Waals surface area contributed by atoms with E-state index < -0.39 is 41.9 Å². The Labute approximate surface area is 240 Å². The fourth-order valence-corrected chi connectivity index (χ4v) is 5.02. The van der Waals surface area contributed by atoms with Gasteiger partial charge >= 0.3 is 6.09 Å². The molecule has 0 aliphatic carbocycles. The number of amides is 2. The van der Waals surface area contributed by atoms with E-state index in [1.165, 1.54) is 22.7 Å². The van der Waals surface area contributed by atoms with Gasteiger partial charge in [-0.3, -0.25) is 9.20 Å². The molecule has 1 unspecified atom stereocenters. The number of fused-ring (bicyclic) bond motifs is 2. The molecule has 0 fully saturated rings. The molecule has 214 valence electrons. The van der Waals surface area contributed by atoms with Crippen LogP contribution in [0.5, 0.6) is 5.75 Å². The van der Waals surface area contributed by atoms with Gasteiger partial charge in [0, 0.05) is 25.4 Å². The number of carbonyl (C=O) groups is 2. The van der Waals surface area contributed by atoms with Crippen LogP contribution >= 0.6 is 11.6 Å². The highest BCUT2D eigenvalue weighted by Crippen LogP contribution is 2.31. The van der Waals surface area contributed by atoms with E-state index in [0.29, 0.717) is 12.2 Å². The third kappa shape index (κ3) is 5.97. The van der Waals surface area contributed by atoms with Crippen LogP contribution in [0.1, 0.15) is 59.7 Å². The zero-order valence-corrected chi connectivity index (χ0v) is 23.8.